The molecule has 2 aliphatic rings. The van der Waals surface area contributed by atoms with Crippen LogP contribution in [0.25, 0.3) is 11.3 Å². The number of hydrogen-bond donors (Lipinski definition) is 1. The molecule has 2 amide bonds. The van der Waals surface area contributed by atoms with Crippen LogP contribution in [0.3, 0.4) is 0 Å². The third-order valence-corrected chi connectivity index (χ3v) is 5.20. The number of fused-ring (bicyclic) bond motifs is 4. The lowest BCUT2D eigenvalue weighted by Gasteiger charge is -2.35. The maximum atomic E-state index is 13.1. The second kappa shape index (κ2) is 6.56. The van der Waals surface area contributed by atoms with Crippen LogP contribution in [0, 0.1) is 6.92 Å². The average Bonchev–Trinajstić information content (AvgIpc) is 3.13. The Labute approximate surface area is 162 Å². The van der Waals surface area contributed by atoms with Crippen LogP contribution in [-0.4, -0.2) is 45.3 Å². The summed E-state index contributed by atoms with van der Waals surface area (Å²) in [7, 11) is 0. The number of anilines is 3. The van der Waals surface area contributed by atoms with E-state index in [2.05, 4.69) is 31.5 Å². The lowest BCUT2D eigenvalue weighted by atomic mass is 10.1. The molecule has 2 bridgehead atoms. The van der Waals surface area contributed by atoms with E-state index in [1.165, 1.54) is 6.20 Å². The maximum absolute atomic E-state index is 13.1. The Morgan fingerprint density at radius 2 is 2.11 bits per heavy atom. The smallest absolute Gasteiger partial charge is 0.327 e. The van der Waals surface area contributed by atoms with Gasteiger partial charge in [-0.3, -0.25) is 9.88 Å². The summed E-state index contributed by atoms with van der Waals surface area (Å²) in [4.78, 5) is 26.3. The minimum Gasteiger partial charge on any atom is -0.366 e. The van der Waals surface area contributed by atoms with Crippen molar-refractivity contribution in [3.8, 4) is 11.3 Å². The number of carbonyl (C=O) groups excluding carboxylic acids is 1. The summed E-state index contributed by atoms with van der Waals surface area (Å²) in [5.74, 6) is 0.695. The Kier molecular flexibility index (Phi) is 3.89. The van der Waals surface area contributed by atoms with Gasteiger partial charge in [-0.25, -0.2) is 9.78 Å². The molecule has 3 aromatic heterocycles. The van der Waals surface area contributed by atoms with Gasteiger partial charge >= 0.3 is 6.03 Å². The van der Waals surface area contributed by atoms with E-state index < -0.39 is 0 Å². The molecule has 0 unspecified atom stereocenters. The number of pyridine rings is 2. The molecule has 0 radical (unpaired) electrons. The third-order valence-electron chi connectivity index (χ3n) is 5.20. The van der Waals surface area contributed by atoms with Crippen molar-refractivity contribution in [1.82, 2.24) is 20.2 Å². The number of urea groups is 1. The van der Waals surface area contributed by atoms with Crippen molar-refractivity contribution >= 4 is 23.2 Å². The molecular formula is C20H19N7O. The van der Waals surface area contributed by atoms with Gasteiger partial charge < -0.3 is 10.2 Å². The first-order chi connectivity index (χ1) is 13.7. The Balaban J connectivity index is 1.54. The standard InChI is InChI=1S/C20H19N7O/c1-13-10-14(4-7-21-13)17-2-3-18-19(25-17)27(16-6-9-26(18)12-16)20(28)24-15-5-8-22-23-11-15/h2-5,7-8,10-11,16H,6,9,12H2,1H3,(H,22,24,28)/t16-/m0/s1. The van der Waals surface area contributed by atoms with E-state index in [0.29, 0.717) is 11.5 Å². The van der Waals surface area contributed by atoms with Crippen LogP contribution in [0.15, 0.2) is 48.9 Å². The molecular weight excluding hydrogens is 354 g/mol. The van der Waals surface area contributed by atoms with Gasteiger partial charge in [0.05, 0.1) is 35.5 Å². The van der Waals surface area contributed by atoms with E-state index in [4.69, 9.17) is 4.98 Å². The predicted octanol–water partition coefficient (Wildman–Crippen LogP) is 2.87. The molecule has 1 atom stereocenters. The fraction of sp³-hybridized carbons (Fsp3) is 0.250. The van der Waals surface area contributed by atoms with Gasteiger partial charge in [0.15, 0.2) is 5.82 Å². The van der Waals surface area contributed by atoms with Crippen molar-refractivity contribution < 1.29 is 4.79 Å². The summed E-state index contributed by atoms with van der Waals surface area (Å²) >= 11 is 0. The first-order valence-corrected chi connectivity index (χ1v) is 9.25. The number of hydrogen-bond acceptors (Lipinski definition) is 6. The van der Waals surface area contributed by atoms with E-state index in [1.807, 2.05) is 25.1 Å². The zero-order valence-corrected chi connectivity index (χ0v) is 15.4. The lowest BCUT2D eigenvalue weighted by Crippen LogP contribution is -2.48. The molecule has 8 nitrogen and oxygen atoms in total. The number of nitrogens with zero attached hydrogens (tertiary/aromatic N) is 6. The zero-order valence-electron chi connectivity index (χ0n) is 15.4. The monoisotopic (exact) mass is 373 g/mol. The molecule has 5 rings (SSSR count). The van der Waals surface area contributed by atoms with Gasteiger partial charge in [-0.05, 0) is 43.7 Å². The first-order valence-electron chi connectivity index (χ1n) is 9.25. The van der Waals surface area contributed by atoms with Crippen LogP contribution in [0.5, 0.6) is 0 Å². The van der Waals surface area contributed by atoms with Crippen LogP contribution in [0.1, 0.15) is 12.1 Å². The van der Waals surface area contributed by atoms with Crippen LogP contribution in [0.2, 0.25) is 0 Å². The van der Waals surface area contributed by atoms with Gasteiger partial charge in [-0.2, -0.15) is 10.2 Å². The Hall–Kier alpha value is -3.55. The number of aryl methyl sites for hydroxylation is 1. The van der Waals surface area contributed by atoms with E-state index in [1.54, 1.807) is 23.4 Å². The molecule has 0 saturated carbocycles. The molecule has 28 heavy (non-hydrogen) atoms. The highest BCUT2D eigenvalue weighted by molar-refractivity contribution is 6.04. The fourth-order valence-corrected chi connectivity index (χ4v) is 3.89. The number of carbonyl (C=O) groups is 1. The minimum atomic E-state index is -0.198. The van der Waals surface area contributed by atoms with Gasteiger partial charge in [0, 0.05) is 30.5 Å². The van der Waals surface area contributed by atoms with E-state index in [-0.39, 0.29) is 12.1 Å². The zero-order chi connectivity index (χ0) is 19.1. The molecule has 1 saturated heterocycles. The molecule has 3 aromatic rings. The van der Waals surface area contributed by atoms with Crippen molar-refractivity contribution in [2.24, 2.45) is 0 Å². The van der Waals surface area contributed by atoms with Crippen LogP contribution in [0.4, 0.5) is 22.0 Å². The highest BCUT2D eigenvalue weighted by Gasteiger charge is 2.40. The molecule has 140 valence electrons. The van der Waals surface area contributed by atoms with Gasteiger partial charge in [-0.1, -0.05) is 0 Å². The highest BCUT2D eigenvalue weighted by Crippen LogP contribution is 2.40. The van der Waals surface area contributed by atoms with E-state index in [0.717, 1.165) is 42.1 Å². The number of amides is 2. The second-order valence-corrected chi connectivity index (χ2v) is 7.04. The summed E-state index contributed by atoms with van der Waals surface area (Å²) in [5, 5.41) is 10.5. The molecule has 2 aliphatic heterocycles. The van der Waals surface area contributed by atoms with Crippen molar-refractivity contribution in [3.05, 3.63) is 54.6 Å². The number of aromatic nitrogens is 4. The molecule has 1 fully saturated rings. The van der Waals surface area contributed by atoms with E-state index in [9.17, 15) is 4.79 Å². The van der Waals surface area contributed by atoms with Crippen molar-refractivity contribution in [2.45, 2.75) is 19.4 Å². The summed E-state index contributed by atoms with van der Waals surface area (Å²) in [6.07, 6.45) is 5.79. The number of nitrogens with one attached hydrogen (secondary N) is 1. The SMILES string of the molecule is Cc1cc(-c2ccc3c(n2)N(C(=O)Nc2ccnnc2)[C@H]2CCN3C2)ccn1. The minimum absolute atomic E-state index is 0.101. The van der Waals surface area contributed by atoms with Crippen LogP contribution < -0.4 is 15.1 Å². The predicted molar refractivity (Wildman–Crippen MR) is 106 cm³/mol. The maximum Gasteiger partial charge on any atom is 0.327 e. The third kappa shape index (κ3) is 2.83. The van der Waals surface area contributed by atoms with Crippen LogP contribution in [-0.2, 0) is 0 Å². The van der Waals surface area contributed by atoms with Gasteiger partial charge in [0.25, 0.3) is 0 Å². The highest BCUT2D eigenvalue weighted by atomic mass is 16.2. The summed E-state index contributed by atoms with van der Waals surface area (Å²) in [6, 6.07) is 9.63. The van der Waals surface area contributed by atoms with Crippen molar-refractivity contribution in [1.29, 1.82) is 0 Å². The lowest BCUT2D eigenvalue weighted by molar-refractivity contribution is 0.255. The Morgan fingerprint density at radius 1 is 1.18 bits per heavy atom. The fourth-order valence-electron chi connectivity index (χ4n) is 3.89. The van der Waals surface area contributed by atoms with Gasteiger partial charge in [0.1, 0.15) is 0 Å². The molecule has 5 heterocycles. The topological polar surface area (TPSA) is 87.1 Å². The summed E-state index contributed by atoms with van der Waals surface area (Å²) in [5.41, 5.74) is 4.35. The average molecular weight is 373 g/mol. The molecule has 0 aromatic carbocycles. The molecule has 0 spiro atoms. The second-order valence-electron chi connectivity index (χ2n) is 7.04. The Morgan fingerprint density at radius 3 is 2.93 bits per heavy atom. The van der Waals surface area contributed by atoms with Gasteiger partial charge in [-0.15, -0.1) is 0 Å². The van der Waals surface area contributed by atoms with Crippen molar-refractivity contribution in [3.63, 3.8) is 0 Å². The van der Waals surface area contributed by atoms with Crippen LogP contribution >= 0.6 is 0 Å². The Bertz CT molecular complexity index is 1040. The molecule has 0 aliphatic carbocycles. The first kappa shape index (κ1) is 16.6. The molecule has 8 heteroatoms. The van der Waals surface area contributed by atoms with Gasteiger partial charge in [0.2, 0.25) is 0 Å². The summed E-state index contributed by atoms with van der Waals surface area (Å²) < 4.78 is 0. The van der Waals surface area contributed by atoms with E-state index >= 15 is 0 Å². The van der Waals surface area contributed by atoms with Crippen molar-refractivity contribution in [2.75, 3.05) is 28.2 Å². The molecule has 1 N–H and O–H groups in total. The summed E-state index contributed by atoms with van der Waals surface area (Å²) in [6.45, 7) is 3.70. The normalized spacial score (nSPS) is 17.4. The quantitative estimate of drug-likeness (QED) is 0.743. The number of rotatable bonds is 2. The largest absolute Gasteiger partial charge is 0.366 e.